The quantitative estimate of drug-likeness (QED) is 0.691. The van der Waals surface area contributed by atoms with Crippen LogP contribution in [0.4, 0.5) is 8.78 Å². The fourth-order valence-corrected chi connectivity index (χ4v) is 4.08. The van der Waals surface area contributed by atoms with E-state index in [0.717, 1.165) is 5.52 Å². The number of para-hydroxylation sites is 1. The van der Waals surface area contributed by atoms with Gasteiger partial charge in [0.15, 0.2) is 0 Å². The van der Waals surface area contributed by atoms with Crippen LogP contribution in [0.1, 0.15) is 16.8 Å². The van der Waals surface area contributed by atoms with E-state index in [4.69, 9.17) is 5.11 Å². The highest BCUT2D eigenvalue weighted by Gasteiger charge is 2.37. The molecule has 3 N–H and O–H groups in total. The van der Waals surface area contributed by atoms with Crippen molar-refractivity contribution in [3.63, 3.8) is 0 Å². The van der Waals surface area contributed by atoms with Crippen LogP contribution >= 0.6 is 11.8 Å². The SMILES string of the molecule is O=C(O)C(CC(F)F)NC(=O)C1CSCN1C(=O)c1c[nH]c2ccccc12. The highest BCUT2D eigenvalue weighted by molar-refractivity contribution is 7.99. The minimum atomic E-state index is -2.87. The zero-order chi connectivity index (χ0) is 19.6. The van der Waals surface area contributed by atoms with E-state index in [1.54, 1.807) is 18.3 Å². The molecule has 2 heterocycles. The van der Waals surface area contributed by atoms with Crippen LogP contribution in [-0.4, -0.2) is 62.9 Å². The number of carbonyl (C=O) groups excluding carboxylic acids is 2. The van der Waals surface area contributed by atoms with Gasteiger partial charge in [0.1, 0.15) is 12.1 Å². The van der Waals surface area contributed by atoms with Crippen LogP contribution in [0.15, 0.2) is 30.5 Å². The average Bonchev–Trinajstić information content (AvgIpc) is 3.27. The molecule has 0 radical (unpaired) electrons. The van der Waals surface area contributed by atoms with Gasteiger partial charge in [-0.2, -0.15) is 0 Å². The number of aliphatic carboxylic acids is 1. The third kappa shape index (κ3) is 4.05. The molecule has 0 saturated carbocycles. The second kappa shape index (κ2) is 7.95. The van der Waals surface area contributed by atoms with Crippen LogP contribution in [0.25, 0.3) is 10.9 Å². The maximum absolute atomic E-state index is 12.9. The zero-order valence-corrected chi connectivity index (χ0v) is 14.8. The molecule has 1 aromatic carbocycles. The maximum atomic E-state index is 12.9. The molecule has 1 saturated heterocycles. The molecule has 27 heavy (non-hydrogen) atoms. The van der Waals surface area contributed by atoms with E-state index >= 15 is 0 Å². The Kier molecular flexibility index (Phi) is 5.64. The first kappa shape index (κ1) is 19.2. The summed E-state index contributed by atoms with van der Waals surface area (Å²) in [5.74, 6) is -2.15. The molecule has 7 nitrogen and oxygen atoms in total. The molecular formula is C17H17F2N3O4S. The van der Waals surface area contributed by atoms with Crippen LogP contribution < -0.4 is 5.32 Å². The number of benzene rings is 1. The number of aromatic nitrogens is 1. The largest absolute Gasteiger partial charge is 0.480 e. The normalized spacial score (nSPS) is 18.0. The number of nitrogens with one attached hydrogen (secondary N) is 2. The lowest BCUT2D eigenvalue weighted by molar-refractivity contribution is -0.143. The molecule has 2 atom stereocenters. The van der Waals surface area contributed by atoms with Gasteiger partial charge in [-0.15, -0.1) is 11.8 Å². The predicted molar refractivity (Wildman–Crippen MR) is 95.8 cm³/mol. The van der Waals surface area contributed by atoms with E-state index in [1.807, 2.05) is 12.1 Å². The van der Waals surface area contributed by atoms with Crippen molar-refractivity contribution in [1.29, 1.82) is 0 Å². The molecule has 0 bridgehead atoms. The van der Waals surface area contributed by atoms with Crippen LogP contribution in [0.3, 0.4) is 0 Å². The van der Waals surface area contributed by atoms with Crippen LogP contribution in [0.2, 0.25) is 0 Å². The van der Waals surface area contributed by atoms with Crippen molar-refractivity contribution >= 4 is 40.4 Å². The average molecular weight is 397 g/mol. The number of rotatable bonds is 6. The number of aromatic amines is 1. The number of thioether (sulfide) groups is 1. The Morgan fingerprint density at radius 3 is 2.78 bits per heavy atom. The Labute approximate surface area is 157 Å². The van der Waals surface area contributed by atoms with Gasteiger partial charge in [0.05, 0.1) is 11.4 Å². The number of amides is 2. The number of carboxylic acid groups (broad SMARTS) is 1. The second-order valence-corrected chi connectivity index (χ2v) is 7.06. The maximum Gasteiger partial charge on any atom is 0.326 e. The van der Waals surface area contributed by atoms with Gasteiger partial charge in [-0.1, -0.05) is 18.2 Å². The minimum Gasteiger partial charge on any atom is -0.480 e. The molecule has 1 aliphatic rings. The predicted octanol–water partition coefficient (Wildman–Crippen LogP) is 1.91. The Balaban J connectivity index is 1.77. The summed E-state index contributed by atoms with van der Waals surface area (Å²) in [4.78, 5) is 40.8. The summed E-state index contributed by atoms with van der Waals surface area (Å²) in [6.07, 6.45) is -2.30. The van der Waals surface area contributed by atoms with E-state index in [0.29, 0.717) is 10.9 Å². The first-order chi connectivity index (χ1) is 12.9. The van der Waals surface area contributed by atoms with Gasteiger partial charge >= 0.3 is 5.97 Å². The monoisotopic (exact) mass is 397 g/mol. The molecule has 0 aliphatic carbocycles. The number of H-pyrrole nitrogens is 1. The van der Waals surface area contributed by atoms with Gasteiger partial charge in [-0.3, -0.25) is 9.59 Å². The van der Waals surface area contributed by atoms with Gasteiger partial charge in [0.2, 0.25) is 12.3 Å². The summed E-state index contributed by atoms with van der Waals surface area (Å²) in [5.41, 5.74) is 1.17. The number of halogens is 2. The summed E-state index contributed by atoms with van der Waals surface area (Å²) >= 11 is 1.34. The standard InChI is InChI=1S/C17H17F2N3O4S/c18-14(19)5-12(17(25)26)21-15(23)13-7-27-8-22(13)16(24)10-6-20-11-4-2-1-3-9(10)11/h1-4,6,12-14,20H,5,7-8H2,(H,21,23)(H,25,26). The molecule has 3 rings (SSSR count). The Morgan fingerprint density at radius 1 is 1.33 bits per heavy atom. The molecule has 0 spiro atoms. The van der Waals surface area contributed by atoms with Crippen molar-refractivity contribution in [2.45, 2.75) is 24.9 Å². The lowest BCUT2D eigenvalue weighted by atomic mass is 10.1. The number of carbonyl (C=O) groups is 3. The highest BCUT2D eigenvalue weighted by atomic mass is 32.2. The van der Waals surface area contributed by atoms with Crippen molar-refractivity contribution < 1.29 is 28.3 Å². The smallest absolute Gasteiger partial charge is 0.326 e. The number of fused-ring (bicyclic) bond motifs is 1. The number of alkyl halides is 2. The molecule has 2 amide bonds. The number of nitrogens with zero attached hydrogens (tertiary/aromatic N) is 1. The third-order valence-corrected chi connectivity index (χ3v) is 5.31. The molecule has 144 valence electrons. The summed E-state index contributed by atoms with van der Waals surface area (Å²) in [7, 11) is 0. The van der Waals surface area contributed by atoms with Crippen molar-refractivity contribution in [3.05, 3.63) is 36.0 Å². The van der Waals surface area contributed by atoms with Crippen LogP contribution in [-0.2, 0) is 9.59 Å². The summed E-state index contributed by atoms with van der Waals surface area (Å²) in [6.45, 7) is 0. The molecule has 1 aromatic heterocycles. The Hall–Kier alpha value is -2.62. The van der Waals surface area contributed by atoms with E-state index in [9.17, 15) is 23.2 Å². The zero-order valence-electron chi connectivity index (χ0n) is 14.0. The Bertz CT molecular complexity index is 873. The lowest BCUT2D eigenvalue weighted by Crippen LogP contribution is -2.52. The topological polar surface area (TPSA) is 102 Å². The number of carboxylic acids is 1. The first-order valence-electron chi connectivity index (χ1n) is 8.14. The fourth-order valence-electron chi connectivity index (χ4n) is 2.93. The Morgan fingerprint density at radius 2 is 2.07 bits per heavy atom. The van der Waals surface area contributed by atoms with E-state index in [2.05, 4.69) is 10.3 Å². The molecule has 1 fully saturated rings. The van der Waals surface area contributed by atoms with Crippen LogP contribution in [0.5, 0.6) is 0 Å². The fraction of sp³-hybridized carbons (Fsp3) is 0.353. The molecule has 2 unspecified atom stereocenters. The summed E-state index contributed by atoms with van der Waals surface area (Å²) < 4.78 is 25.1. The number of hydrogen-bond acceptors (Lipinski definition) is 4. The van der Waals surface area contributed by atoms with Crippen molar-refractivity contribution in [3.8, 4) is 0 Å². The summed E-state index contributed by atoms with van der Waals surface area (Å²) in [6, 6.07) is 4.59. The second-order valence-electron chi connectivity index (χ2n) is 6.06. The van der Waals surface area contributed by atoms with Gasteiger partial charge in [0, 0.05) is 29.3 Å². The molecular weight excluding hydrogens is 380 g/mol. The highest BCUT2D eigenvalue weighted by Crippen LogP contribution is 2.26. The number of hydrogen-bond donors (Lipinski definition) is 3. The minimum absolute atomic E-state index is 0.253. The van der Waals surface area contributed by atoms with E-state index in [-0.39, 0.29) is 17.5 Å². The summed E-state index contributed by atoms with van der Waals surface area (Å²) in [5, 5.41) is 11.9. The molecule has 2 aromatic rings. The van der Waals surface area contributed by atoms with Crippen molar-refractivity contribution in [1.82, 2.24) is 15.2 Å². The van der Waals surface area contributed by atoms with Crippen molar-refractivity contribution in [2.24, 2.45) is 0 Å². The van der Waals surface area contributed by atoms with Crippen LogP contribution in [0, 0.1) is 0 Å². The molecule has 10 heteroatoms. The van der Waals surface area contributed by atoms with E-state index < -0.39 is 36.8 Å². The van der Waals surface area contributed by atoms with Gasteiger partial charge in [0.25, 0.3) is 5.91 Å². The van der Waals surface area contributed by atoms with Crippen molar-refractivity contribution in [2.75, 3.05) is 11.6 Å². The lowest BCUT2D eigenvalue weighted by Gasteiger charge is -2.24. The van der Waals surface area contributed by atoms with E-state index in [1.165, 1.54) is 16.7 Å². The van der Waals surface area contributed by atoms with Gasteiger partial charge < -0.3 is 20.3 Å². The van der Waals surface area contributed by atoms with Gasteiger partial charge in [-0.05, 0) is 6.07 Å². The van der Waals surface area contributed by atoms with Gasteiger partial charge in [-0.25, -0.2) is 13.6 Å². The molecule has 1 aliphatic heterocycles. The third-order valence-electron chi connectivity index (χ3n) is 4.29. The first-order valence-corrected chi connectivity index (χ1v) is 9.30.